The number of carbonyl (C=O) groups is 1. The summed E-state index contributed by atoms with van der Waals surface area (Å²) in [5.41, 5.74) is 13.6. The fourth-order valence-corrected chi connectivity index (χ4v) is 6.13. The van der Waals surface area contributed by atoms with E-state index in [4.69, 9.17) is 17.1 Å². The van der Waals surface area contributed by atoms with Crippen LogP contribution in [-0.2, 0) is 6.54 Å². The summed E-state index contributed by atoms with van der Waals surface area (Å²) < 4.78 is 0. The lowest BCUT2D eigenvalue weighted by Gasteiger charge is -2.28. The smallest absolute Gasteiger partial charge is 0.254 e. The standard InChI is InChI=1S/C28H28ClN7O/c29-23-10-8-19(9-11-23)27-25(36-12-4-3-7-26(36)32-27)18-34-14-21-16-35(17-22(21)15-34)28(37)24-6-2-1-5-20(24)13-31-33-30/h1-12,21-22,26,32H,13-18H2. The summed E-state index contributed by atoms with van der Waals surface area (Å²) in [5, 5.41) is 8.07. The molecule has 3 unspecified atom stereocenters. The van der Waals surface area contributed by atoms with Gasteiger partial charge >= 0.3 is 0 Å². The number of rotatable bonds is 6. The van der Waals surface area contributed by atoms with E-state index in [1.807, 2.05) is 41.3 Å². The van der Waals surface area contributed by atoms with Gasteiger partial charge in [-0.05, 0) is 58.8 Å². The fraction of sp³-hybridized carbons (Fsp3) is 0.321. The number of hydrogen-bond donors (Lipinski definition) is 1. The van der Waals surface area contributed by atoms with Crippen molar-refractivity contribution in [1.82, 2.24) is 20.0 Å². The van der Waals surface area contributed by atoms with Gasteiger partial charge in [-0.3, -0.25) is 9.69 Å². The van der Waals surface area contributed by atoms with Crippen LogP contribution < -0.4 is 5.32 Å². The third kappa shape index (κ3) is 4.60. The summed E-state index contributed by atoms with van der Waals surface area (Å²) in [6, 6.07) is 15.4. The highest BCUT2D eigenvalue weighted by Gasteiger charge is 2.43. The minimum absolute atomic E-state index is 0.0329. The third-order valence-electron chi connectivity index (χ3n) is 7.75. The molecule has 8 nitrogen and oxygen atoms in total. The number of nitrogens with zero attached hydrogens (tertiary/aromatic N) is 6. The normalized spacial score (nSPS) is 24.2. The van der Waals surface area contributed by atoms with Gasteiger partial charge in [-0.2, -0.15) is 0 Å². The van der Waals surface area contributed by atoms with Crippen LogP contribution in [0, 0.1) is 11.8 Å². The number of azide groups is 1. The second-order valence-corrected chi connectivity index (χ2v) is 10.5. The average Bonchev–Trinajstić information content (AvgIpc) is 3.60. The number of carbonyl (C=O) groups excluding carboxylic acids is 1. The van der Waals surface area contributed by atoms with Crippen molar-refractivity contribution in [3.05, 3.63) is 111 Å². The molecule has 188 valence electrons. The molecule has 2 saturated heterocycles. The van der Waals surface area contributed by atoms with Gasteiger partial charge in [0.05, 0.1) is 17.9 Å². The molecule has 4 aliphatic rings. The number of amides is 1. The van der Waals surface area contributed by atoms with Crippen molar-refractivity contribution in [3.63, 3.8) is 0 Å². The lowest BCUT2D eigenvalue weighted by atomic mass is 10.0. The van der Waals surface area contributed by atoms with Gasteiger partial charge in [0.1, 0.15) is 6.17 Å². The largest absolute Gasteiger partial charge is 0.360 e. The van der Waals surface area contributed by atoms with Gasteiger partial charge in [-0.1, -0.05) is 53.1 Å². The molecule has 0 radical (unpaired) electrons. The van der Waals surface area contributed by atoms with E-state index in [0.717, 1.165) is 54.6 Å². The average molecular weight is 514 g/mol. The lowest BCUT2D eigenvalue weighted by molar-refractivity contribution is 0.0773. The van der Waals surface area contributed by atoms with Crippen LogP contribution in [0.5, 0.6) is 0 Å². The van der Waals surface area contributed by atoms with Crippen LogP contribution in [0.1, 0.15) is 21.5 Å². The van der Waals surface area contributed by atoms with Crippen LogP contribution in [0.2, 0.25) is 5.02 Å². The second kappa shape index (κ2) is 9.98. The number of nitrogens with one attached hydrogen (secondary N) is 1. The number of benzene rings is 2. The minimum atomic E-state index is 0.0329. The monoisotopic (exact) mass is 513 g/mol. The first kappa shape index (κ1) is 23.7. The molecule has 0 saturated carbocycles. The Morgan fingerprint density at radius 2 is 1.81 bits per heavy atom. The highest BCUT2D eigenvalue weighted by molar-refractivity contribution is 6.30. The first-order chi connectivity index (χ1) is 18.1. The minimum Gasteiger partial charge on any atom is -0.360 e. The van der Waals surface area contributed by atoms with E-state index in [1.54, 1.807) is 0 Å². The van der Waals surface area contributed by atoms with E-state index >= 15 is 0 Å². The van der Waals surface area contributed by atoms with Gasteiger partial charge in [0.2, 0.25) is 0 Å². The van der Waals surface area contributed by atoms with Gasteiger partial charge in [-0.15, -0.1) is 0 Å². The van der Waals surface area contributed by atoms with Crippen molar-refractivity contribution < 1.29 is 4.79 Å². The molecule has 1 amide bonds. The quantitative estimate of drug-likeness (QED) is 0.340. The first-order valence-corrected chi connectivity index (χ1v) is 13.0. The third-order valence-corrected chi connectivity index (χ3v) is 8.00. The Bertz CT molecular complexity index is 1330. The highest BCUT2D eigenvalue weighted by Crippen LogP contribution is 2.36. The van der Waals surface area contributed by atoms with Crippen LogP contribution in [-0.4, -0.2) is 59.5 Å². The number of likely N-dealkylation sites (tertiary alicyclic amines) is 2. The molecule has 0 bridgehead atoms. The van der Waals surface area contributed by atoms with E-state index in [1.165, 1.54) is 5.70 Å². The van der Waals surface area contributed by atoms with Crippen LogP contribution >= 0.6 is 11.6 Å². The predicted molar refractivity (Wildman–Crippen MR) is 144 cm³/mol. The molecule has 9 heteroatoms. The van der Waals surface area contributed by atoms with E-state index < -0.39 is 0 Å². The Morgan fingerprint density at radius 1 is 1.05 bits per heavy atom. The van der Waals surface area contributed by atoms with Gasteiger partial charge in [0.15, 0.2) is 0 Å². The van der Waals surface area contributed by atoms with E-state index in [2.05, 4.69) is 61.7 Å². The topological polar surface area (TPSA) is 87.6 Å². The highest BCUT2D eigenvalue weighted by atomic mass is 35.5. The summed E-state index contributed by atoms with van der Waals surface area (Å²) in [4.78, 5) is 23.0. The van der Waals surface area contributed by atoms with E-state index in [-0.39, 0.29) is 18.6 Å². The van der Waals surface area contributed by atoms with Crippen LogP contribution in [0.4, 0.5) is 0 Å². The van der Waals surface area contributed by atoms with Crippen LogP contribution in [0.25, 0.3) is 16.1 Å². The van der Waals surface area contributed by atoms with Crippen molar-refractivity contribution in [3.8, 4) is 0 Å². The van der Waals surface area contributed by atoms with Gasteiger partial charge in [-0.25, -0.2) is 0 Å². The zero-order chi connectivity index (χ0) is 25.4. The molecule has 2 fully saturated rings. The van der Waals surface area contributed by atoms with E-state index in [0.29, 0.717) is 17.4 Å². The molecule has 3 atom stereocenters. The molecule has 4 heterocycles. The van der Waals surface area contributed by atoms with E-state index in [9.17, 15) is 4.79 Å². The predicted octanol–water partition coefficient (Wildman–Crippen LogP) is 4.84. The molecule has 6 rings (SSSR count). The summed E-state index contributed by atoms with van der Waals surface area (Å²) in [6.45, 7) is 4.47. The van der Waals surface area contributed by atoms with Crippen molar-refractivity contribution in [2.75, 3.05) is 32.7 Å². The number of fused-ring (bicyclic) bond motifs is 2. The molecule has 0 spiro atoms. The first-order valence-electron chi connectivity index (χ1n) is 12.6. The van der Waals surface area contributed by atoms with Crippen molar-refractivity contribution in [2.45, 2.75) is 12.7 Å². The zero-order valence-corrected chi connectivity index (χ0v) is 21.1. The number of allylic oxidation sites excluding steroid dienone is 2. The maximum Gasteiger partial charge on any atom is 0.254 e. The van der Waals surface area contributed by atoms with Crippen molar-refractivity contribution >= 4 is 23.2 Å². The Balaban J connectivity index is 1.16. The summed E-state index contributed by atoms with van der Waals surface area (Å²) in [5.74, 6) is 0.940. The summed E-state index contributed by atoms with van der Waals surface area (Å²) >= 11 is 6.15. The molecule has 0 aromatic heterocycles. The van der Waals surface area contributed by atoms with Crippen molar-refractivity contribution in [2.24, 2.45) is 17.0 Å². The Labute approximate surface area is 221 Å². The molecule has 2 aromatic carbocycles. The zero-order valence-electron chi connectivity index (χ0n) is 20.4. The lowest BCUT2D eigenvalue weighted by Crippen LogP contribution is -2.37. The molecule has 37 heavy (non-hydrogen) atoms. The maximum atomic E-state index is 13.3. The molecular weight excluding hydrogens is 486 g/mol. The number of hydrogen-bond acceptors (Lipinski definition) is 5. The van der Waals surface area contributed by atoms with Crippen molar-refractivity contribution in [1.29, 1.82) is 0 Å². The molecule has 2 aromatic rings. The molecule has 0 aliphatic carbocycles. The summed E-state index contributed by atoms with van der Waals surface area (Å²) in [6.07, 6.45) is 8.58. The Hall–Kier alpha value is -3.71. The van der Waals surface area contributed by atoms with Crippen LogP contribution in [0.3, 0.4) is 0 Å². The molecule has 1 N–H and O–H groups in total. The Morgan fingerprint density at radius 3 is 2.57 bits per heavy atom. The Kier molecular flexibility index (Phi) is 6.38. The molecular formula is C28H28ClN7O. The van der Waals surface area contributed by atoms with Gasteiger partial charge in [0, 0.05) is 54.4 Å². The summed E-state index contributed by atoms with van der Waals surface area (Å²) in [7, 11) is 0. The van der Waals surface area contributed by atoms with Crippen LogP contribution in [0.15, 0.2) is 83.8 Å². The molecule has 4 aliphatic heterocycles. The number of halogens is 1. The maximum absolute atomic E-state index is 13.3. The second-order valence-electron chi connectivity index (χ2n) is 10.0. The fourth-order valence-electron chi connectivity index (χ4n) is 6.00. The van der Waals surface area contributed by atoms with Gasteiger partial charge < -0.3 is 15.1 Å². The SMILES string of the molecule is [N-]=[N+]=NCc1ccccc1C(=O)N1CC2CN(CC3=C(c4ccc(Cl)cc4)NC4C=CC=CN34)CC2C1. The van der Waals surface area contributed by atoms with Gasteiger partial charge in [0.25, 0.3) is 5.91 Å².